The van der Waals surface area contributed by atoms with Gasteiger partial charge in [0.1, 0.15) is 22.1 Å². The normalized spacial score (nSPS) is 17.4. The van der Waals surface area contributed by atoms with E-state index in [2.05, 4.69) is 9.98 Å². The van der Waals surface area contributed by atoms with Gasteiger partial charge < -0.3 is 9.80 Å². The van der Waals surface area contributed by atoms with E-state index in [1.54, 1.807) is 42.0 Å². The van der Waals surface area contributed by atoms with Crippen molar-refractivity contribution in [2.24, 2.45) is 4.99 Å². The molecule has 31 heavy (non-hydrogen) atoms. The number of carbonyl (C=O) groups excluding carboxylic acids is 4. The summed E-state index contributed by atoms with van der Waals surface area (Å²) in [5, 5.41) is 0.242. The van der Waals surface area contributed by atoms with Crippen molar-refractivity contribution in [3.05, 3.63) is 69.6 Å². The smallest absolute Gasteiger partial charge is 0.295 e. The van der Waals surface area contributed by atoms with E-state index in [1.165, 1.54) is 17.2 Å². The minimum atomic E-state index is -0.788. The van der Waals surface area contributed by atoms with E-state index in [1.807, 2.05) is 6.07 Å². The molecular formula is C22H17ClN4O4. The van der Waals surface area contributed by atoms with Crippen LogP contribution in [0.15, 0.2) is 47.6 Å². The highest BCUT2D eigenvalue weighted by molar-refractivity contribution is 6.53. The summed E-state index contributed by atoms with van der Waals surface area (Å²) in [6, 6.07) is 9.84. The summed E-state index contributed by atoms with van der Waals surface area (Å²) in [6.07, 6.45) is 1.22. The molecule has 156 valence electrons. The highest BCUT2D eigenvalue weighted by Gasteiger charge is 2.35. The highest BCUT2D eigenvalue weighted by atomic mass is 35.5. The lowest BCUT2D eigenvalue weighted by atomic mass is 10.1. The van der Waals surface area contributed by atoms with Crippen LogP contribution in [0.3, 0.4) is 0 Å². The minimum Gasteiger partial charge on any atom is -0.335 e. The summed E-state index contributed by atoms with van der Waals surface area (Å²) in [6.45, 7) is 2.62. The number of hydrogen-bond donors (Lipinski definition) is 0. The number of pyridine rings is 1. The lowest BCUT2D eigenvalue weighted by Gasteiger charge is -2.39. The fourth-order valence-corrected chi connectivity index (χ4v) is 3.91. The van der Waals surface area contributed by atoms with Gasteiger partial charge in [0.05, 0.1) is 10.8 Å². The number of fused-ring (bicyclic) bond motifs is 1. The summed E-state index contributed by atoms with van der Waals surface area (Å²) >= 11 is 5.92. The average molecular weight is 437 g/mol. The van der Waals surface area contributed by atoms with Crippen LogP contribution in [0, 0.1) is 0 Å². The van der Waals surface area contributed by atoms with Gasteiger partial charge in [-0.15, -0.1) is 0 Å². The van der Waals surface area contributed by atoms with Crippen LogP contribution in [0.1, 0.15) is 23.0 Å². The van der Waals surface area contributed by atoms with E-state index in [-0.39, 0.29) is 45.5 Å². The molecule has 2 aliphatic rings. The number of piperazine rings is 1. The van der Waals surface area contributed by atoms with Gasteiger partial charge in [0.2, 0.25) is 0 Å². The largest absolute Gasteiger partial charge is 0.335 e. The molecule has 8 nitrogen and oxygen atoms in total. The summed E-state index contributed by atoms with van der Waals surface area (Å²) in [4.78, 5) is 60.9. The van der Waals surface area contributed by atoms with Crippen LogP contribution in [0.25, 0.3) is 5.57 Å². The monoisotopic (exact) mass is 436 g/mol. The molecule has 3 heterocycles. The number of amides is 2. The molecule has 2 amide bonds. The Bertz CT molecular complexity index is 1270. The molecule has 0 radical (unpaired) electrons. The van der Waals surface area contributed by atoms with Crippen LogP contribution in [-0.4, -0.2) is 64.0 Å². The molecule has 1 atom stereocenters. The summed E-state index contributed by atoms with van der Waals surface area (Å²) in [7, 11) is 0. The second kappa shape index (κ2) is 8.26. The molecule has 1 aromatic heterocycles. The molecular weight excluding hydrogens is 420 g/mol. The molecule has 0 N–H and O–H groups in total. The maximum atomic E-state index is 12.9. The number of aromatic nitrogens is 1. The van der Waals surface area contributed by atoms with Crippen molar-refractivity contribution >= 4 is 40.7 Å². The second-order valence-corrected chi connectivity index (χ2v) is 7.64. The zero-order valence-electron chi connectivity index (χ0n) is 16.5. The van der Waals surface area contributed by atoms with Crippen molar-refractivity contribution in [2.75, 3.05) is 19.6 Å². The fourth-order valence-electron chi connectivity index (χ4n) is 3.71. The Morgan fingerprint density at radius 1 is 1.16 bits per heavy atom. The maximum Gasteiger partial charge on any atom is 0.295 e. The first-order chi connectivity index (χ1) is 14.9. The quantitative estimate of drug-likeness (QED) is 0.504. The third-order valence-electron chi connectivity index (χ3n) is 5.28. The molecule has 2 aromatic rings. The Labute approximate surface area is 182 Å². The Hall–Kier alpha value is -3.61. The summed E-state index contributed by atoms with van der Waals surface area (Å²) in [5.41, 5.74) is 0.648. The molecule has 2 aliphatic heterocycles. The summed E-state index contributed by atoms with van der Waals surface area (Å²) in [5.74, 6) is 0.0897. The number of nitrogens with zero attached hydrogens (tertiary/aromatic N) is 4. The van der Waals surface area contributed by atoms with Gasteiger partial charge in [-0.2, -0.15) is 0 Å². The Morgan fingerprint density at radius 2 is 1.90 bits per heavy atom. The fraction of sp³-hybridized carbons (Fsp3) is 0.227. The molecule has 4 rings (SSSR count). The first kappa shape index (κ1) is 20.7. The van der Waals surface area contributed by atoms with Crippen molar-refractivity contribution in [1.82, 2.24) is 14.8 Å². The van der Waals surface area contributed by atoms with E-state index in [9.17, 15) is 19.2 Å². The van der Waals surface area contributed by atoms with Crippen molar-refractivity contribution in [3.8, 4) is 0 Å². The zero-order chi connectivity index (χ0) is 22.1. The summed E-state index contributed by atoms with van der Waals surface area (Å²) < 4.78 is 0. The first-order valence-electron chi connectivity index (χ1n) is 9.60. The van der Waals surface area contributed by atoms with E-state index in [0.29, 0.717) is 18.7 Å². The van der Waals surface area contributed by atoms with Gasteiger partial charge in [0.25, 0.3) is 17.6 Å². The molecule has 0 aliphatic carbocycles. The molecule has 0 spiro atoms. The van der Waals surface area contributed by atoms with Gasteiger partial charge in [-0.1, -0.05) is 29.8 Å². The molecule has 0 unspecified atom stereocenters. The topological polar surface area (TPSA) is 100 Å². The van der Waals surface area contributed by atoms with Crippen LogP contribution in [0.2, 0.25) is 5.15 Å². The molecule has 0 saturated carbocycles. The number of ketones is 1. The van der Waals surface area contributed by atoms with Crippen LogP contribution in [-0.2, 0) is 14.4 Å². The third kappa shape index (κ3) is 3.79. The number of hydrogen-bond acceptors (Lipinski definition) is 6. The van der Waals surface area contributed by atoms with Gasteiger partial charge >= 0.3 is 0 Å². The van der Waals surface area contributed by atoms with Crippen LogP contribution < -0.4 is 10.6 Å². The molecule has 1 fully saturated rings. The second-order valence-electron chi connectivity index (χ2n) is 7.26. The van der Waals surface area contributed by atoms with E-state index >= 15 is 0 Å². The number of carbonyl (C=O) groups is 3. The third-order valence-corrected chi connectivity index (χ3v) is 5.48. The highest BCUT2D eigenvalue weighted by Crippen LogP contribution is 2.19. The number of halogens is 1. The van der Waals surface area contributed by atoms with E-state index in [0.717, 1.165) is 0 Å². The number of benzene rings is 1. The van der Waals surface area contributed by atoms with Gasteiger partial charge in [-0.3, -0.25) is 19.4 Å². The Balaban J connectivity index is 1.50. The standard InChI is InChI=1S/C22H17ClN4O4/c1-13-11-26(21(30)14-5-3-2-4-6-14)7-8-27(13)22(31)20(29)16-10-24-18-15(12-28)9-17(23)25-19(16)18/h2-6,9-10,13H,7-8,11H2,1H3/t13-/m1/s1. The van der Waals surface area contributed by atoms with E-state index in [4.69, 9.17) is 11.6 Å². The Morgan fingerprint density at radius 3 is 2.58 bits per heavy atom. The SMILES string of the molecule is C[C@@H]1CN(C(=O)c2ccccc2)CCN1C(=O)C(=O)C1=CN=c2c1nc(Cl)cc2=C=O. The molecule has 1 aromatic carbocycles. The molecule has 1 saturated heterocycles. The lowest BCUT2D eigenvalue weighted by molar-refractivity contribution is -0.144. The predicted octanol–water partition coefficient (Wildman–Crippen LogP) is 0.154. The van der Waals surface area contributed by atoms with Crippen molar-refractivity contribution in [1.29, 1.82) is 0 Å². The molecule has 9 heteroatoms. The van der Waals surface area contributed by atoms with Crippen molar-refractivity contribution < 1.29 is 19.2 Å². The van der Waals surface area contributed by atoms with Gasteiger partial charge in [0.15, 0.2) is 0 Å². The maximum absolute atomic E-state index is 12.9. The van der Waals surface area contributed by atoms with Crippen LogP contribution in [0.4, 0.5) is 0 Å². The first-order valence-corrected chi connectivity index (χ1v) is 9.98. The van der Waals surface area contributed by atoms with Crippen LogP contribution in [0.5, 0.6) is 0 Å². The minimum absolute atomic E-state index is 0.00163. The molecule has 0 bridgehead atoms. The predicted molar refractivity (Wildman–Crippen MR) is 111 cm³/mol. The average Bonchev–Trinajstić information content (AvgIpc) is 3.21. The van der Waals surface area contributed by atoms with E-state index < -0.39 is 11.7 Å². The van der Waals surface area contributed by atoms with Crippen molar-refractivity contribution in [3.63, 3.8) is 0 Å². The van der Waals surface area contributed by atoms with Crippen LogP contribution >= 0.6 is 11.6 Å². The zero-order valence-corrected chi connectivity index (χ0v) is 17.3. The number of rotatable bonds is 3. The number of Topliss-reactive ketones (excluding diaryl/α,β-unsaturated/α-hetero) is 1. The van der Waals surface area contributed by atoms with Gasteiger partial charge in [0, 0.05) is 37.4 Å². The van der Waals surface area contributed by atoms with Gasteiger partial charge in [-0.05, 0) is 25.1 Å². The van der Waals surface area contributed by atoms with Gasteiger partial charge in [-0.25, -0.2) is 9.78 Å². The Kier molecular flexibility index (Phi) is 5.50. The lowest BCUT2D eigenvalue weighted by Crippen LogP contribution is -2.56. The van der Waals surface area contributed by atoms with Crippen molar-refractivity contribution in [2.45, 2.75) is 13.0 Å².